The smallest absolute Gasteiger partial charge is 0.252 e. The summed E-state index contributed by atoms with van der Waals surface area (Å²) in [5.41, 5.74) is 6.34. The van der Waals surface area contributed by atoms with E-state index in [4.69, 9.17) is 5.73 Å². The molecule has 0 aromatic carbocycles. The Bertz CT molecular complexity index is 511. The summed E-state index contributed by atoms with van der Waals surface area (Å²) >= 11 is 0. The van der Waals surface area contributed by atoms with Crippen molar-refractivity contribution in [3.63, 3.8) is 0 Å². The molecule has 1 aliphatic heterocycles. The maximum atomic E-state index is 12.0. The molecular formula is C13H19N5O2. The van der Waals surface area contributed by atoms with Crippen molar-refractivity contribution in [3.8, 4) is 0 Å². The molecule has 0 aliphatic carbocycles. The molecule has 7 nitrogen and oxygen atoms in total. The van der Waals surface area contributed by atoms with E-state index in [1.165, 1.54) is 0 Å². The molecule has 0 spiro atoms. The van der Waals surface area contributed by atoms with Crippen molar-refractivity contribution in [2.45, 2.75) is 6.92 Å². The van der Waals surface area contributed by atoms with E-state index in [1.807, 2.05) is 6.92 Å². The summed E-state index contributed by atoms with van der Waals surface area (Å²) < 4.78 is 0. The Morgan fingerprint density at radius 2 is 2.10 bits per heavy atom. The van der Waals surface area contributed by atoms with Crippen LogP contribution in [-0.4, -0.2) is 54.4 Å². The van der Waals surface area contributed by atoms with Crippen molar-refractivity contribution < 1.29 is 9.59 Å². The summed E-state index contributed by atoms with van der Waals surface area (Å²) in [5, 5.41) is 6.10. The van der Waals surface area contributed by atoms with Gasteiger partial charge in [0.1, 0.15) is 5.82 Å². The van der Waals surface area contributed by atoms with Gasteiger partial charge in [-0.3, -0.25) is 9.59 Å². The van der Waals surface area contributed by atoms with Crippen LogP contribution in [0.1, 0.15) is 16.1 Å². The zero-order valence-electron chi connectivity index (χ0n) is 11.5. The van der Waals surface area contributed by atoms with Gasteiger partial charge in [-0.05, 0) is 19.1 Å². The number of rotatable bonds is 4. The fraction of sp³-hybridized carbons (Fsp3) is 0.462. The van der Waals surface area contributed by atoms with E-state index in [0.717, 1.165) is 18.8 Å². The first-order valence-electron chi connectivity index (χ1n) is 6.58. The topological polar surface area (TPSA) is 100 Å². The van der Waals surface area contributed by atoms with Gasteiger partial charge in [0.15, 0.2) is 0 Å². The number of aromatic nitrogens is 1. The van der Waals surface area contributed by atoms with Crippen LogP contribution in [0.3, 0.4) is 0 Å². The molecule has 2 rings (SSSR count). The van der Waals surface area contributed by atoms with Gasteiger partial charge in [-0.2, -0.15) is 0 Å². The number of piperazine rings is 1. The molecule has 1 aromatic heterocycles. The summed E-state index contributed by atoms with van der Waals surface area (Å²) in [6, 6.07) is 3.33. The van der Waals surface area contributed by atoms with Gasteiger partial charge in [-0.25, -0.2) is 4.98 Å². The van der Waals surface area contributed by atoms with Crippen molar-refractivity contribution in [2.75, 3.05) is 38.0 Å². The van der Waals surface area contributed by atoms with Crippen molar-refractivity contribution in [1.82, 2.24) is 15.2 Å². The summed E-state index contributed by atoms with van der Waals surface area (Å²) in [5.74, 6) is -0.208. The number of amides is 2. The monoisotopic (exact) mass is 277 g/mol. The largest absolute Gasteiger partial charge is 0.365 e. The number of carbonyl (C=O) groups excluding carboxylic acids is 2. The van der Waals surface area contributed by atoms with Gasteiger partial charge in [-0.15, -0.1) is 0 Å². The number of nitrogens with one attached hydrogen (secondary N) is 2. The van der Waals surface area contributed by atoms with E-state index in [0.29, 0.717) is 24.5 Å². The van der Waals surface area contributed by atoms with Gasteiger partial charge in [0.2, 0.25) is 5.91 Å². The molecule has 1 aromatic rings. The first-order valence-corrected chi connectivity index (χ1v) is 6.58. The van der Waals surface area contributed by atoms with E-state index in [-0.39, 0.29) is 12.5 Å². The maximum Gasteiger partial charge on any atom is 0.252 e. The van der Waals surface area contributed by atoms with Crippen molar-refractivity contribution >= 4 is 17.6 Å². The van der Waals surface area contributed by atoms with Gasteiger partial charge in [-0.1, -0.05) is 0 Å². The maximum absolute atomic E-state index is 12.0. The summed E-state index contributed by atoms with van der Waals surface area (Å²) in [6.07, 6.45) is 0. The molecule has 4 N–H and O–H groups in total. The summed E-state index contributed by atoms with van der Waals surface area (Å²) in [6.45, 7) is 4.93. The van der Waals surface area contributed by atoms with Gasteiger partial charge in [0.25, 0.3) is 5.91 Å². The minimum atomic E-state index is -0.561. The second-order valence-corrected chi connectivity index (χ2v) is 4.70. The fourth-order valence-electron chi connectivity index (χ4n) is 2.08. The Balaban J connectivity index is 2.01. The molecule has 1 saturated heterocycles. The number of primary amides is 1. The number of hydrogen-bond acceptors (Lipinski definition) is 5. The zero-order valence-corrected chi connectivity index (χ0v) is 11.5. The normalized spacial score (nSPS) is 14.9. The molecule has 7 heteroatoms. The number of anilines is 1. The molecule has 2 heterocycles. The van der Waals surface area contributed by atoms with E-state index in [1.54, 1.807) is 17.0 Å². The van der Waals surface area contributed by atoms with Gasteiger partial charge < -0.3 is 21.3 Å². The Kier molecular flexibility index (Phi) is 4.52. The summed E-state index contributed by atoms with van der Waals surface area (Å²) in [7, 11) is 0. The average molecular weight is 277 g/mol. The van der Waals surface area contributed by atoms with Crippen LogP contribution in [0.5, 0.6) is 0 Å². The average Bonchev–Trinajstić information content (AvgIpc) is 2.45. The Morgan fingerprint density at radius 3 is 2.75 bits per heavy atom. The molecule has 1 fully saturated rings. The van der Waals surface area contributed by atoms with E-state index >= 15 is 0 Å². The standard InChI is InChI=1S/C13H19N5O2/c1-9-2-3-10(12(14)20)13(17-9)16-8-11(19)18-6-4-15-5-7-18/h2-3,15H,4-8H2,1H3,(H2,14,20)(H,16,17). The minimum Gasteiger partial charge on any atom is -0.365 e. The highest BCUT2D eigenvalue weighted by Crippen LogP contribution is 2.12. The number of carbonyl (C=O) groups is 2. The Labute approximate surface area is 117 Å². The van der Waals surface area contributed by atoms with Crippen LogP contribution >= 0.6 is 0 Å². The number of nitrogens with zero attached hydrogens (tertiary/aromatic N) is 2. The van der Waals surface area contributed by atoms with Crippen molar-refractivity contribution in [1.29, 1.82) is 0 Å². The lowest BCUT2D eigenvalue weighted by molar-refractivity contribution is -0.129. The second kappa shape index (κ2) is 6.33. The van der Waals surface area contributed by atoms with E-state index < -0.39 is 5.91 Å². The minimum absolute atomic E-state index is 0.00905. The molecule has 0 bridgehead atoms. The van der Waals surface area contributed by atoms with E-state index in [9.17, 15) is 9.59 Å². The third kappa shape index (κ3) is 3.45. The molecule has 0 atom stereocenters. The van der Waals surface area contributed by atoms with Crippen molar-refractivity contribution in [3.05, 3.63) is 23.4 Å². The quantitative estimate of drug-likeness (QED) is 0.678. The zero-order chi connectivity index (χ0) is 14.5. The predicted octanol–water partition coefficient (Wildman–Crippen LogP) is -0.667. The van der Waals surface area contributed by atoms with Gasteiger partial charge in [0, 0.05) is 31.9 Å². The molecule has 20 heavy (non-hydrogen) atoms. The molecule has 0 saturated carbocycles. The highest BCUT2D eigenvalue weighted by molar-refractivity contribution is 5.98. The van der Waals surface area contributed by atoms with Crippen molar-refractivity contribution in [2.24, 2.45) is 5.73 Å². The SMILES string of the molecule is Cc1ccc(C(N)=O)c(NCC(=O)N2CCNCC2)n1. The van der Waals surface area contributed by atoms with E-state index in [2.05, 4.69) is 15.6 Å². The van der Waals surface area contributed by atoms with Gasteiger partial charge >= 0.3 is 0 Å². The lowest BCUT2D eigenvalue weighted by atomic mass is 10.2. The number of pyridine rings is 1. The molecular weight excluding hydrogens is 258 g/mol. The van der Waals surface area contributed by atoms with Gasteiger partial charge in [0.05, 0.1) is 12.1 Å². The molecule has 0 unspecified atom stereocenters. The lowest BCUT2D eigenvalue weighted by Gasteiger charge is -2.27. The summed E-state index contributed by atoms with van der Waals surface area (Å²) in [4.78, 5) is 29.3. The molecule has 2 amide bonds. The lowest BCUT2D eigenvalue weighted by Crippen LogP contribution is -2.48. The Hall–Kier alpha value is -2.15. The highest BCUT2D eigenvalue weighted by atomic mass is 16.2. The highest BCUT2D eigenvalue weighted by Gasteiger charge is 2.17. The van der Waals surface area contributed by atoms with Crippen LogP contribution in [0.4, 0.5) is 5.82 Å². The number of nitrogens with two attached hydrogens (primary N) is 1. The van der Waals surface area contributed by atoms with Crippen LogP contribution in [0.25, 0.3) is 0 Å². The predicted molar refractivity (Wildman–Crippen MR) is 75.4 cm³/mol. The number of hydrogen-bond donors (Lipinski definition) is 3. The first-order chi connectivity index (χ1) is 9.58. The third-order valence-electron chi connectivity index (χ3n) is 3.18. The Morgan fingerprint density at radius 1 is 1.40 bits per heavy atom. The third-order valence-corrected chi connectivity index (χ3v) is 3.18. The van der Waals surface area contributed by atoms with Crippen LogP contribution in [0.2, 0.25) is 0 Å². The van der Waals surface area contributed by atoms with Crippen LogP contribution < -0.4 is 16.4 Å². The van der Waals surface area contributed by atoms with Crippen LogP contribution in [0, 0.1) is 6.92 Å². The molecule has 1 aliphatic rings. The van der Waals surface area contributed by atoms with Crippen LogP contribution in [0.15, 0.2) is 12.1 Å². The fourth-order valence-corrected chi connectivity index (χ4v) is 2.08. The second-order valence-electron chi connectivity index (χ2n) is 4.70. The number of aryl methyl sites for hydroxylation is 1. The molecule has 108 valence electrons. The molecule has 0 radical (unpaired) electrons. The first kappa shape index (κ1) is 14.3. The van der Waals surface area contributed by atoms with Crippen LogP contribution in [-0.2, 0) is 4.79 Å².